The number of nitrogens with one attached hydrogen (secondary N) is 1. The molecular formula is C12H22N2O4. The Hall–Kier alpha value is -1.30. The molecule has 18 heavy (non-hydrogen) atoms. The molecule has 1 fully saturated rings. The summed E-state index contributed by atoms with van der Waals surface area (Å²) in [4.78, 5) is 24.5. The first-order valence-electron chi connectivity index (χ1n) is 6.35. The minimum absolute atomic E-state index is 0.283. The molecule has 1 rings (SSSR count). The monoisotopic (exact) mass is 258 g/mol. The minimum atomic E-state index is -0.974. The van der Waals surface area contributed by atoms with E-state index in [9.17, 15) is 9.59 Å². The lowest BCUT2D eigenvalue weighted by molar-refractivity contribution is -0.139. The molecule has 0 aromatic rings. The highest BCUT2D eigenvalue weighted by Gasteiger charge is 2.28. The van der Waals surface area contributed by atoms with Crippen molar-refractivity contribution in [2.75, 3.05) is 26.8 Å². The summed E-state index contributed by atoms with van der Waals surface area (Å²) in [5.74, 6) is -0.618. The van der Waals surface area contributed by atoms with Crippen LogP contribution in [0.4, 0.5) is 4.79 Å². The largest absolute Gasteiger partial charge is 0.480 e. The number of nitrogens with zero attached hydrogens (tertiary/aromatic N) is 1. The van der Waals surface area contributed by atoms with E-state index in [0.717, 1.165) is 12.8 Å². The van der Waals surface area contributed by atoms with Crippen LogP contribution in [0.2, 0.25) is 0 Å². The van der Waals surface area contributed by atoms with Gasteiger partial charge in [0.05, 0.1) is 6.61 Å². The standard InChI is InChI=1S/C12H22N2O4/c1-3-4-10(11(15)16)13-12(17)14-6-5-9(7-14)8-18-2/h9-10H,3-8H2,1-2H3,(H,13,17)(H,15,16)/t9?,10-/m1/s1. The molecule has 0 aromatic heterocycles. The number of ether oxygens (including phenoxy) is 1. The van der Waals surface area contributed by atoms with E-state index in [1.54, 1.807) is 12.0 Å². The van der Waals surface area contributed by atoms with Crippen LogP contribution in [0.15, 0.2) is 0 Å². The van der Waals surface area contributed by atoms with E-state index in [1.165, 1.54) is 0 Å². The van der Waals surface area contributed by atoms with Gasteiger partial charge in [-0.2, -0.15) is 0 Å². The Labute approximate surface area is 107 Å². The van der Waals surface area contributed by atoms with Crippen molar-refractivity contribution in [1.82, 2.24) is 10.2 Å². The number of carbonyl (C=O) groups is 2. The summed E-state index contributed by atoms with van der Waals surface area (Å²) < 4.78 is 5.06. The quantitative estimate of drug-likeness (QED) is 0.742. The van der Waals surface area contributed by atoms with Gasteiger partial charge in [0, 0.05) is 26.1 Å². The summed E-state index contributed by atoms with van der Waals surface area (Å²) in [7, 11) is 1.64. The Morgan fingerprint density at radius 2 is 2.28 bits per heavy atom. The van der Waals surface area contributed by atoms with Crippen LogP contribution in [0.1, 0.15) is 26.2 Å². The third kappa shape index (κ3) is 4.18. The molecule has 104 valence electrons. The first-order chi connectivity index (χ1) is 8.58. The zero-order chi connectivity index (χ0) is 13.5. The zero-order valence-corrected chi connectivity index (χ0v) is 11.0. The van der Waals surface area contributed by atoms with E-state index in [0.29, 0.717) is 32.0 Å². The third-order valence-electron chi connectivity index (χ3n) is 3.15. The molecule has 6 heteroatoms. The van der Waals surface area contributed by atoms with E-state index < -0.39 is 12.0 Å². The highest BCUT2D eigenvalue weighted by Crippen LogP contribution is 2.16. The molecule has 1 aliphatic heterocycles. The molecule has 6 nitrogen and oxygen atoms in total. The molecule has 0 aliphatic carbocycles. The fourth-order valence-corrected chi connectivity index (χ4v) is 2.18. The average Bonchev–Trinajstić information content (AvgIpc) is 2.77. The fraction of sp³-hybridized carbons (Fsp3) is 0.833. The van der Waals surface area contributed by atoms with Crippen LogP contribution in [0, 0.1) is 5.92 Å². The van der Waals surface area contributed by atoms with Crippen LogP contribution < -0.4 is 5.32 Å². The lowest BCUT2D eigenvalue weighted by Crippen LogP contribution is -2.47. The smallest absolute Gasteiger partial charge is 0.326 e. The number of aliphatic carboxylic acids is 1. The van der Waals surface area contributed by atoms with Gasteiger partial charge in [-0.15, -0.1) is 0 Å². The first-order valence-corrected chi connectivity index (χ1v) is 6.35. The Morgan fingerprint density at radius 1 is 1.56 bits per heavy atom. The fourth-order valence-electron chi connectivity index (χ4n) is 2.18. The molecule has 2 N–H and O–H groups in total. The van der Waals surface area contributed by atoms with Gasteiger partial charge in [0.25, 0.3) is 0 Å². The second-order valence-corrected chi connectivity index (χ2v) is 4.69. The second kappa shape index (κ2) is 7.20. The number of amides is 2. The molecule has 1 saturated heterocycles. The Kier molecular flexibility index (Phi) is 5.91. The van der Waals surface area contributed by atoms with Gasteiger partial charge < -0.3 is 20.1 Å². The molecule has 2 atom stereocenters. The molecular weight excluding hydrogens is 236 g/mol. The van der Waals surface area contributed by atoms with Crippen LogP contribution in [-0.4, -0.2) is 54.9 Å². The lowest BCUT2D eigenvalue weighted by atomic mass is 10.1. The number of carboxylic acid groups (broad SMARTS) is 1. The molecule has 0 radical (unpaired) electrons. The van der Waals surface area contributed by atoms with Crippen molar-refractivity contribution in [3.05, 3.63) is 0 Å². The Morgan fingerprint density at radius 3 is 2.83 bits per heavy atom. The second-order valence-electron chi connectivity index (χ2n) is 4.69. The summed E-state index contributed by atoms with van der Waals surface area (Å²) in [6.45, 7) is 3.84. The van der Waals surface area contributed by atoms with Crippen molar-refractivity contribution in [2.24, 2.45) is 5.92 Å². The van der Waals surface area contributed by atoms with Gasteiger partial charge in [-0.3, -0.25) is 0 Å². The van der Waals surface area contributed by atoms with Gasteiger partial charge in [-0.25, -0.2) is 9.59 Å². The van der Waals surface area contributed by atoms with Crippen LogP contribution in [0.3, 0.4) is 0 Å². The summed E-state index contributed by atoms with van der Waals surface area (Å²) in [6, 6.07) is -1.07. The SMILES string of the molecule is CCC[C@@H](NC(=O)N1CCC(COC)C1)C(=O)O. The number of rotatable bonds is 6. The molecule has 0 saturated carbocycles. The van der Waals surface area contributed by atoms with E-state index in [1.807, 2.05) is 6.92 Å². The predicted molar refractivity (Wildman–Crippen MR) is 66.4 cm³/mol. The molecule has 0 spiro atoms. The number of hydrogen-bond donors (Lipinski definition) is 2. The van der Waals surface area contributed by atoms with E-state index in [4.69, 9.17) is 9.84 Å². The van der Waals surface area contributed by atoms with E-state index >= 15 is 0 Å². The van der Waals surface area contributed by atoms with Crippen molar-refractivity contribution < 1.29 is 19.4 Å². The van der Waals surface area contributed by atoms with Crippen molar-refractivity contribution in [3.8, 4) is 0 Å². The zero-order valence-electron chi connectivity index (χ0n) is 11.0. The van der Waals surface area contributed by atoms with Gasteiger partial charge in [0.2, 0.25) is 0 Å². The number of methoxy groups -OCH3 is 1. The first kappa shape index (κ1) is 14.8. The van der Waals surface area contributed by atoms with Crippen molar-refractivity contribution in [1.29, 1.82) is 0 Å². The predicted octanol–water partition coefficient (Wildman–Crippen LogP) is 0.918. The maximum atomic E-state index is 11.9. The van der Waals surface area contributed by atoms with Gasteiger partial charge in [0.1, 0.15) is 6.04 Å². The van der Waals surface area contributed by atoms with E-state index in [-0.39, 0.29) is 6.03 Å². The third-order valence-corrected chi connectivity index (χ3v) is 3.15. The topological polar surface area (TPSA) is 78.9 Å². The highest BCUT2D eigenvalue weighted by molar-refractivity contribution is 5.82. The number of hydrogen-bond acceptors (Lipinski definition) is 3. The summed E-state index contributed by atoms with van der Waals surface area (Å²) in [6.07, 6.45) is 2.09. The highest BCUT2D eigenvalue weighted by atomic mass is 16.5. The van der Waals surface area contributed by atoms with Gasteiger partial charge in [-0.1, -0.05) is 13.3 Å². The average molecular weight is 258 g/mol. The van der Waals surface area contributed by atoms with Gasteiger partial charge >= 0.3 is 12.0 Å². The number of urea groups is 1. The van der Waals surface area contributed by atoms with Crippen LogP contribution >= 0.6 is 0 Å². The van der Waals surface area contributed by atoms with Crippen LogP contribution in [0.25, 0.3) is 0 Å². The molecule has 2 amide bonds. The Balaban J connectivity index is 2.42. The molecule has 1 aliphatic rings. The maximum absolute atomic E-state index is 11.9. The van der Waals surface area contributed by atoms with Crippen molar-refractivity contribution in [2.45, 2.75) is 32.2 Å². The maximum Gasteiger partial charge on any atom is 0.326 e. The van der Waals surface area contributed by atoms with E-state index in [2.05, 4.69) is 5.32 Å². The molecule has 0 aromatic carbocycles. The minimum Gasteiger partial charge on any atom is -0.480 e. The lowest BCUT2D eigenvalue weighted by Gasteiger charge is -2.20. The number of carbonyl (C=O) groups excluding carboxylic acids is 1. The molecule has 0 bridgehead atoms. The number of likely N-dealkylation sites (tertiary alicyclic amines) is 1. The summed E-state index contributed by atoms with van der Waals surface area (Å²) >= 11 is 0. The van der Waals surface area contributed by atoms with Gasteiger partial charge in [0.15, 0.2) is 0 Å². The van der Waals surface area contributed by atoms with Crippen LogP contribution in [-0.2, 0) is 9.53 Å². The van der Waals surface area contributed by atoms with Crippen molar-refractivity contribution >= 4 is 12.0 Å². The van der Waals surface area contributed by atoms with Crippen LogP contribution in [0.5, 0.6) is 0 Å². The summed E-state index contributed by atoms with van der Waals surface area (Å²) in [5.41, 5.74) is 0. The number of carboxylic acids is 1. The summed E-state index contributed by atoms with van der Waals surface area (Å²) in [5, 5.41) is 11.5. The Bertz CT molecular complexity index is 296. The van der Waals surface area contributed by atoms with Crippen molar-refractivity contribution in [3.63, 3.8) is 0 Å². The molecule has 1 heterocycles. The normalized spacial score (nSPS) is 20.8. The molecule has 1 unspecified atom stereocenters. The van der Waals surface area contributed by atoms with Gasteiger partial charge in [-0.05, 0) is 12.8 Å².